The number of likely N-dealkylation sites (tertiary alicyclic amines) is 1. The predicted octanol–water partition coefficient (Wildman–Crippen LogP) is 2.12. The number of carboxylic acid groups (broad SMARTS) is 1. The molecule has 0 atom stereocenters. The first-order valence-corrected chi connectivity index (χ1v) is 8.19. The zero-order chi connectivity index (χ0) is 15.9. The number of carbonyl (C=O) groups excluding carboxylic acids is 1. The van der Waals surface area contributed by atoms with E-state index in [1.54, 1.807) is 0 Å². The van der Waals surface area contributed by atoms with Crippen molar-refractivity contribution < 1.29 is 14.7 Å². The molecule has 1 fully saturated rings. The van der Waals surface area contributed by atoms with Crippen LogP contribution in [0.3, 0.4) is 0 Å². The predicted molar refractivity (Wildman–Crippen MR) is 83.1 cm³/mol. The lowest BCUT2D eigenvalue weighted by Crippen LogP contribution is -2.41. The highest BCUT2D eigenvalue weighted by Gasteiger charge is 2.37. The van der Waals surface area contributed by atoms with Crippen LogP contribution in [0.15, 0.2) is 0 Å². The van der Waals surface area contributed by atoms with Gasteiger partial charge < -0.3 is 15.3 Å². The Morgan fingerprint density at radius 2 is 1.76 bits per heavy atom. The number of amides is 1. The average Bonchev–Trinajstić information content (AvgIpc) is 2.50. The molecule has 1 aliphatic heterocycles. The van der Waals surface area contributed by atoms with E-state index in [9.17, 15) is 14.7 Å². The van der Waals surface area contributed by atoms with Crippen LogP contribution in [0.5, 0.6) is 0 Å². The summed E-state index contributed by atoms with van der Waals surface area (Å²) in [5.74, 6) is -0.461. The largest absolute Gasteiger partial charge is 0.481 e. The molecule has 0 aliphatic carbocycles. The van der Waals surface area contributed by atoms with Crippen LogP contribution in [0, 0.1) is 11.3 Å². The van der Waals surface area contributed by atoms with Crippen molar-refractivity contribution in [1.82, 2.24) is 10.2 Å². The van der Waals surface area contributed by atoms with Gasteiger partial charge in [0.05, 0.1) is 5.41 Å². The molecule has 1 saturated heterocycles. The van der Waals surface area contributed by atoms with Gasteiger partial charge in [-0.15, -0.1) is 0 Å². The lowest BCUT2D eigenvalue weighted by Gasteiger charge is -2.31. The van der Waals surface area contributed by atoms with Crippen LogP contribution in [0.4, 0.5) is 0 Å². The number of carbonyl (C=O) groups is 2. The van der Waals surface area contributed by atoms with E-state index in [4.69, 9.17) is 0 Å². The molecule has 21 heavy (non-hydrogen) atoms. The second kappa shape index (κ2) is 8.37. The van der Waals surface area contributed by atoms with Crippen LogP contribution in [-0.2, 0) is 9.59 Å². The molecule has 0 bridgehead atoms. The molecule has 1 rings (SSSR count). The third kappa shape index (κ3) is 4.99. The minimum absolute atomic E-state index is 0.0864. The second-order valence-electron chi connectivity index (χ2n) is 6.15. The molecule has 0 spiro atoms. The van der Waals surface area contributed by atoms with Gasteiger partial charge >= 0.3 is 5.97 Å². The lowest BCUT2D eigenvalue weighted by atomic mass is 9.79. The summed E-state index contributed by atoms with van der Waals surface area (Å²) < 4.78 is 0. The maximum absolute atomic E-state index is 12.1. The summed E-state index contributed by atoms with van der Waals surface area (Å²) in [5, 5.41) is 12.3. The summed E-state index contributed by atoms with van der Waals surface area (Å²) in [4.78, 5) is 25.9. The fraction of sp³-hybridized carbons (Fsp3) is 0.875. The van der Waals surface area contributed by atoms with Gasteiger partial charge in [-0.2, -0.15) is 0 Å². The molecule has 0 aromatic heterocycles. The van der Waals surface area contributed by atoms with Crippen LogP contribution in [-0.4, -0.2) is 48.1 Å². The highest BCUT2D eigenvalue weighted by atomic mass is 16.4. The molecule has 2 N–H and O–H groups in total. The summed E-state index contributed by atoms with van der Waals surface area (Å²) in [7, 11) is 0. The van der Waals surface area contributed by atoms with E-state index in [-0.39, 0.29) is 12.3 Å². The Bertz CT molecular complexity index is 345. The number of carboxylic acids is 1. The fourth-order valence-corrected chi connectivity index (χ4v) is 3.01. The van der Waals surface area contributed by atoms with Crippen LogP contribution < -0.4 is 5.32 Å². The number of nitrogens with one attached hydrogen (secondary N) is 1. The Morgan fingerprint density at radius 1 is 1.19 bits per heavy atom. The van der Waals surface area contributed by atoms with Crippen molar-refractivity contribution in [3.05, 3.63) is 0 Å². The first-order valence-electron chi connectivity index (χ1n) is 8.19. The molecule has 0 radical (unpaired) electrons. The van der Waals surface area contributed by atoms with Gasteiger partial charge in [-0.25, -0.2) is 0 Å². The average molecular weight is 298 g/mol. The van der Waals surface area contributed by atoms with Crippen molar-refractivity contribution in [3.63, 3.8) is 0 Å². The van der Waals surface area contributed by atoms with Gasteiger partial charge in [0.25, 0.3) is 0 Å². The van der Waals surface area contributed by atoms with Gasteiger partial charge in [0.2, 0.25) is 5.91 Å². The van der Waals surface area contributed by atoms with Gasteiger partial charge in [0.15, 0.2) is 0 Å². The van der Waals surface area contributed by atoms with Gasteiger partial charge in [0.1, 0.15) is 0 Å². The molecule has 0 unspecified atom stereocenters. The number of nitrogens with zero attached hydrogens (tertiary/aromatic N) is 1. The van der Waals surface area contributed by atoms with Gasteiger partial charge in [-0.05, 0) is 51.2 Å². The molecule has 1 amide bonds. The quantitative estimate of drug-likeness (QED) is 0.720. The summed E-state index contributed by atoms with van der Waals surface area (Å²) in [6, 6.07) is 0. The number of aliphatic carboxylic acids is 1. The highest BCUT2D eigenvalue weighted by Crippen LogP contribution is 2.30. The van der Waals surface area contributed by atoms with E-state index in [0.29, 0.717) is 25.3 Å². The van der Waals surface area contributed by atoms with E-state index in [0.717, 1.165) is 32.5 Å². The van der Waals surface area contributed by atoms with Crippen LogP contribution >= 0.6 is 0 Å². The maximum Gasteiger partial charge on any atom is 0.310 e. The number of rotatable bonds is 8. The first-order chi connectivity index (χ1) is 9.97. The standard InChI is InChI=1S/C16H30N2O3/c1-4-16(5-2,15(20)21)11-14(19)17-12-13-7-9-18(6-3)10-8-13/h13H,4-12H2,1-3H3,(H,17,19)(H,20,21). The normalized spacial score (nSPS) is 17.7. The molecule has 0 saturated carbocycles. The zero-order valence-electron chi connectivity index (χ0n) is 13.7. The van der Waals surface area contributed by atoms with Crippen molar-refractivity contribution in [1.29, 1.82) is 0 Å². The van der Waals surface area contributed by atoms with Crippen molar-refractivity contribution in [2.75, 3.05) is 26.2 Å². The van der Waals surface area contributed by atoms with Gasteiger partial charge in [-0.1, -0.05) is 20.8 Å². The Morgan fingerprint density at radius 3 is 2.19 bits per heavy atom. The molecule has 5 nitrogen and oxygen atoms in total. The summed E-state index contributed by atoms with van der Waals surface area (Å²) in [6.45, 7) is 9.81. The lowest BCUT2D eigenvalue weighted by molar-refractivity contribution is -0.152. The molecule has 0 aromatic carbocycles. The Balaban J connectivity index is 2.38. The number of hydrogen-bond acceptors (Lipinski definition) is 3. The minimum Gasteiger partial charge on any atom is -0.481 e. The van der Waals surface area contributed by atoms with E-state index in [1.165, 1.54) is 0 Å². The number of piperidine rings is 1. The highest BCUT2D eigenvalue weighted by molar-refractivity contribution is 5.84. The summed E-state index contributed by atoms with van der Waals surface area (Å²) >= 11 is 0. The van der Waals surface area contributed by atoms with E-state index < -0.39 is 11.4 Å². The fourth-order valence-electron chi connectivity index (χ4n) is 3.01. The molecule has 122 valence electrons. The number of hydrogen-bond donors (Lipinski definition) is 2. The minimum atomic E-state index is -0.907. The molecular weight excluding hydrogens is 268 g/mol. The Kier molecular flexibility index (Phi) is 7.15. The molecule has 0 aromatic rings. The topological polar surface area (TPSA) is 69.6 Å². The van der Waals surface area contributed by atoms with Gasteiger partial charge in [0, 0.05) is 13.0 Å². The third-order valence-corrected chi connectivity index (χ3v) is 5.05. The van der Waals surface area contributed by atoms with Crippen LogP contribution in [0.1, 0.15) is 52.9 Å². The van der Waals surface area contributed by atoms with Gasteiger partial charge in [-0.3, -0.25) is 9.59 Å². The molecule has 5 heteroatoms. The van der Waals surface area contributed by atoms with E-state index in [1.807, 2.05) is 13.8 Å². The van der Waals surface area contributed by atoms with Crippen molar-refractivity contribution in [2.45, 2.75) is 52.9 Å². The van der Waals surface area contributed by atoms with E-state index >= 15 is 0 Å². The summed E-state index contributed by atoms with van der Waals surface area (Å²) in [6.07, 6.45) is 3.28. The van der Waals surface area contributed by atoms with Crippen LogP contribution in [0.25, 0.3) is 0 Å². The van der Waals surface area contributed by atoms with Crippen molar-refractivity contribution in [3.8, 4) is 0 Å². The third-order valence-electron chi connectivity index (χ3n) is 5.05. The van der Waals surface area contributed by atoms with Crippen molar-refractivity contribution in [2.24, 2.45) is 11.3 Å². The first kappa shape index (κ1) is 18.0. The zero-order valence-corrected chi connectivity index (χ0v) is 13.7. The summed E-state index contributed by atoms with van der Waals surface area (Å²) in [5.41, 5.74) is -0.907. The molecule has 1 heterocycles. The smallest absolute Gasteiger partial charge is 0.310 e. The monoisotopic (exact) mass is 298 g/mol. The van der Waals surface area contributed by atoms with E-state index in [2.05, 4.69) is 17.1 Å². The second-order valence-corrected chi connectivity index (χ2v) is 6.15. The van der Waals surface area contributed by atoms with Crippen molar-refractivity contribution >= 4 is 11.9 Å². The molecule has 1 aliphatic rings. The SMILES string of the molecule is CCN1CCC(CNC(=O)CC(CC)(CC)C(=O)O)CC1. The molecular formula is C16H30N2O3. The van der Waals surface area contributed by atoms with Crippen LogP contribution in [0.2, 0.25) is 0 Å². The Hall–Kier alpha value is -1.10. The Labute approximate surface area is 128 Å². The maximum atomic E-state index is 12.1.